The lowest BCUT2D eigenvalue weighted by Crippen LogP contribution is -2.08. The van der Waals surface area contributed by atoms with Gasteiger partial charge in [-0.2, -0.15) is 16.3 Å². The molecule has 1 unspecified atom stereocenters. The summed E-state index contributed by atoms with van der Waals surface area (Å²) in [5, 5.41) is 4.24. The minimum Gasteiger partial charge on any atom is -0.479 e. The zero-order valence-corrected chi connectivity index (χ0v) is 12.8. The molecule has 0 aliphatic rings. The Kier molecular flexibility index (Phi) is 3.54. The van der Waals surface area contributed by atoms with E-state index in [0.29, 0.717) is 10.7 Å². The van der Waals surface area contributed by atoms with Gasteiger partial charge in [-0.25, -0.2) is 4.98 Å². The van der Waals surface area contributed by atoms with Crippen LogP contribution in [0.15, 0.2) is 23.2 Å². The van der Waals surface area contributed by atoms with Gasteiger partial charge in [-0.1, -0.05) is 0 Å². The number of nitrogens with one attached hydrogen (secondary N) is 1. The molecule has 20 heavy (non-hydrogen) atoms. The minimum absolute atomic E-state index is 0.213. The number of imidazole rings is 1. The van der Waals surface area contributed by atoms with Gasteiger partial charge in [0, 0.05) is 6.04 Å². The molecule has 0 amide bonds. The molecule has 5 nitrogen and oxygen atoms in total. The van der Waals surface area contributed by atoms with E-state index in [1.165, 1.54) is 11.9 Å². The third kappa shape index (κ3) is 2.23. The third-order valence-corrected chi connectivity index (χ3v) is 4.25. The number of nitrogens with zero attached hydrogens (tertiary/aromatic N) is 3. The van der Waals surface area contributed by atoms with Crippen molar-refractivity contribution in [2.75, 3.05) is 7.11 Å². The van der Waals surface area contributed by atoms with Gasteiger partial charge in [0.1, 0.15) is 11.8 Å². The van der Waals surface area contributed by atoms with Crippen LogP contribution in [0.25, 0.3) is 11.2 Å². The lowest BCUT2D eigenvalue weighted by atomic mass is 10.1. The molecule has 1 N–H and O–H groups in total. The molecule has 0 fully saturated rings. The average Bonchev–Trinajstić information content (AvgIpc) is 3.04. The van der Waals surface area contributed by atoms with Crippen LogP contribution in [0.1, 0.15) is 18.5 Å². The summed E-state index contributed by atoms with van der Waals surface area (Å²) in [5.41, 5.74) is 2.83. The van der Waals surface area contributed by atoms with Crippen molar-refractivity contribution in [3.63, 3.8) is 0 Å². The summed E-state index contributed by atoms with van der Waals surface area (Å²) in [4.78, 5) is 11.6. The standard InChI is InChI=1S/C13H14N4OS2/c1-8(5-9-3-4-20-6-9)17-11-10(16-13(17)19)12(18-2)15-7-14-11/h3-4,6-8H,5H2,1-2H3,(H,16,19). The van der Waals surface area contributed by atoms with Crippen LogP contribution in [0.3, 0.4) is 0 Å². The second kappa shape index (κ2) is 5.34. The number of hydrogen-bond donors (Lipinski definition) is 1. The molecule has 0 aliphatic heterocycles. The first-order valence-corrected chi connectivity index (χ1v) is 7.56. The molecule has 1 atom stereocenters. The molecule has 0 spiro atoms. The highest BCUT2D eigenvalue weighted by atomic mass is 32.1. The Bertz CT molecular complexity index is 775. The molecule has 3 aromatic rings. The Morgan fingerprint density at radius 1 is 1.50 bits per heavy atom. The average molecular weight is 306 g/mol. The maximum Gasteiger partial charge on any atom is 0.242 e. The van der Waals surface area contributed by atoms with Gasteiger partial charge in [0.05, 0.1) is 7.11 Å². The number of aromatic nitrogens is 4. The van der Waals surface area contributed by atoms with E-state index < -0.39 is 0 Å². The summed E-state index contributed by atoms with van der Waals surface area (Å²) in [6.07, 6.45) is 2.41. The summed E-state index contributed by atoms with van der Waals surface area (Å²) in [7, 11) is 1.59. The molecule has 104 valence electrons. The maximum atomic E-state index is 5.42. The Labute approximate surface area is 125 Å². The first-order chi connectivity index (χ1) is 9.70. The summed E-state index contributed by atoms with van der Waals surface area (Å²) in [5.74, 6) is 0.516. The molecule has 0 saturated heterocycles. The smallest absolute Gasteiger partial charge is 0.242 e. The highest BCUT2D eigenvalue weighted by Crippen LogP contribution is 2.25. The van der Waals surface area contributed by atoms with Gasteiger partial charge in [-0.05, 0) is 48.0 Å². The molecule has 7 heteroatoms. The van der Waals surface area contributed by atoms with E-state index in [-0.39, 0.29) is 6.04 Å². The van der Waals surface area contributed by atoms with Crippen molar-refractivity contribution in [3.05, 3.63) is 33.5 Å². The minimum atomic E-state index is 0.213. The molecule has 0 radical (unpaired) electrons. The number of H-pyrrole nitrogens is 1. The van der Waals surface area contributed by atoms with Crippen LogP contribution in [0.2, 0.25) is 0 Å². The largest absolute Gasteiger partial charge is 0.479 e. The Morgan fingerprint density at radius 2 is 2.35 bits per heavy atom. The number of fused-ring (bicyclic) bond motifs is 1. The van der Waals surface area contributed by atoms with Gasteiger partial charge < -0.3 is 9.72 Å². The van der Waals surface area contributed by atoms with E-state index in [9.17, 15) is 0 Å². The van der Waals surface area contributed by atoms with Crippen LogP contribution in [0.4, 0.5) is 0 Å². The van der Waals surface area contributed by atoms with E-state index in [0.717, 1.165) is 17.6 Å². The number of ether oxygens (including phenoxy) is 1. The van der Waals surface area contributed by atoms with Crippen molar-refractivity contribution in [2.24, 2.45) is 0 Å². The van der Waals surface area contributed by atoms with Crippen LogP contribution in [0.5, 0.6) is 5.88 Å². The number of aromatic amines is 1. The fourth-order valence-electron chi connectivity index (χ4n) is 2.32. The van der Waals surface area contributed by atoms with Gasteiger partial charge in [0.15, 0.2) is 10.4 Å². The quantitative estimate of drug-likeness (QED) is 0.751. The maximum absolute atomic E-state index is 5.42. The second-order valence-electron chi connectivity index (χ2n) is 4.57. The van der Waals surface area contributed by atoms with Crippen molar-refractivity contribution < 1.29 is 4.74 Å². The van der Waals surface area contributed by atoms with Crippen LogP contribution in [-0.2, 0) is 6.42 Å². The number of methoxy groups -OCH3 is 1. The topological polar surface area (TPSA) is 55.7 Å². The first-order valence-electron chi connectivity index (χ1n) is 6.21. The highest BCUT2D eigenvalue weighted by Gasteiger charge is 2.16. The van der Waals surface area contributed by atoms with Crippen LogP contribution >= 0.6 is 23.6 Å². The predicted molar refractivity (Wildman–Crippen MR) is 82.0 cm³/mol. The van der Waals surface area contributed by atoms with E-state index in [1.54, 1.807) is 18.4 Å². The van der Waals surface area contributed by atoms with Crippen molar-refractivity contribution in [1.29, 1.82) is 0 Å². The van der Waals surface area contributed by atoms with Gasteiger partial charge in [0.2, 0.25) is 5.88 Å². The zero-order chi connectivity index (χ0) is 14.1. The van der Waals surface area contributed by atoms with E-state index in [2.05, 4.69) is 38.7 Å². The van der Waals surface area contributed by atoms with E-state index in [1.807, 2.05) is 4.57 Å². The van der Waals surface area contributed by atoms with Crippen molar-refractivity contribution in [2.45, 2.75) is 19.4 Å². The fourth-order valence-corrected chi connectivity index (χ4v) is 3.37. The fraction of sp³-hybridized carbons (Fsp3) is 0.308. The van der Waals surface area contributed by atoms with Gasteiger partial charge >= 0.3 is 0 Å². The molecule has 3 aromatic heterocycles. The van der Waals surface area contributed by atoms with Crippen LogP contribution in [0, 0.1) is 4.77 Å². The monoisotopic (exact) mass is 306 g/mol. The summed E-state index contributed by atoms with van der Waals surface area (Å²) in [6.45, 7) is 2.13. The second-order valence-corrected chi connectivity index (χ2v) is 5.73. The molecule has 0 saturated carbocycles. The highest BCUT2D eigenvalue weighted by molar-refractivity contribution is 7.71. The van der Waals surface area contributed by atoms with Gasteiger partial charge in [0.25, 0.3) is 0 Å². The van der Waals surface area contributed by atoms with Gasteiger partial charge in [-0.15, -0.1) is 0 Å². The Balaban J connectivity index is 2.07. The third-order valence-electron chi connectivity index (χ3n) is 3.22. The van der Waals surface area contributed by atoms with Crippen LogP contribution < -0.4 is 4.74 Å². The van der Waals surface area contributed by atoms with Crippen LogP contribution in [-0.4, -0.2) is 26.6 Å². The lowest BCUT2D eigenvalue weighted by Gasteiger charge is -2.13. The van der Waals surface area contributed by atoms with Gasteiger partial charge in [-0.3, -0.25) is 4.57 Å². The van der Waals surface area contributed by atoms with E-state index in [4.69, 9.17) is 17.0 Å². The molecular formula is C13H14N4OS2. The normalized spacial score (nSPS) is 12.7. The Morgan fingerprint density at radius 3 is 3.05 bits per heavy atom. The van der Waals surface area contributed by atoms with Crippen molar-refractivity contribution in [3.8, 4) is 5.88 Å². The number of hydrogen-bond acceptors (Lipinski definition) is 5. The van der Waals surface area contributed by atoms with E-state index >= 15 is 0 Å². The summed E-state index contributed by atoms with van der Waals surface area (Å²) < 4.78 is 7.90. The molecule has 0 bridgehead atoms. The number of thiophene rings is 1. The molecule has 3 rings (SSSR count). The molecule has 0 aliphatic carbocycles. The summed E-state index contributed by atoms with van der Waals surface area (Å²) >= 11 is 7.12. The van der Waals surface area contributed by atoms with Crippen molar-refractivity contribution in [1.82, 2.24) is 19.5 Å². The first kappa shape index (κ1) is 13.3. The SMILES string of the molecule is COc1ncnc2c1[nH]c(=S)n2C(C)Cc1ccsc1. The predicted octanol–water partition coefficient (Wildman–Crippen LogP) is 3.36. The Hall–Kier alpha value is -1.73. The van der Waals surface area contributed by atoms with Crippen molar-refractivity contribution >= 4 is 34.7 Å². The number of rotatable bonds is 4. The molecule has 3 heterocycles. The molecular weight excluding hydrogens is 292 g/mol. The summed E-state index contributed by atoms with van der Waals surface area (Å²) in [6, 6.07) is 2.35. The zero-order valence-electron chi connectivity index (χ0n) is 11.2. The molecule has 0 aromatic carbocycles. The lowest BCUT2D eigenvalue weighted by molar-refractivity contribution is 0.401.